The zero-order valence-corrected chi connectivity index (χ0v) is 17.7. The lowest BCUT2D eigenvalue weighted by molar-refractivity contribution is -0.118. The Kier molecular flexibility index (Phi) is 10.8. The van der Waals surface area contributed by atoms with Crippen molar-refractivity contribution in [3.63, 3.8) is 0 Å². The van der Waals surface area contributed by atoms with E-state index < -0.39 is 12.5 Å². The van der Waals surface area contributed by atoms with Crippen LogP contribution in [-0.4, -0.2) is 22.7 Å². The van der Waals surface area contributed by atoms with E-state index in [0.717, 1.165) is 28.0 Å². The number of phenolic OH excluding ortho intramolecular Hbond substituents is 1. The molecule has 1 amide bonds. The van der Waals surface area contributed by atoms with E-state index in [1.807, 2.05) is 55.4 Å². The minimum Gasteiger partial charge on any atom is -0.507 e. The molecule has 0 saturated heterocycles. The number of benzene rings is 2. The van der Waals surface area contributed by atoms with Gasteiger partial charge in [0.15, 0.2) is 0 Å². The van der Waals surface area contributed by atoms with Gasteiger partial charge in [0.1, 0.15) is 23.9 Å². The van der Waals surface area contributed by atoms with Gasteiger partial charge < -0.3 is 20.3 Å². The summed E-state index contributed by atoms with van der Waals surface area (Å²) in [6.45, 7) is 15.0. The number of aromatic hydroxyl groups is 1. The molecule has 0 aliphatic rings. The maximum absolute atomic E-state index is 11.1. The van der Waals surface area contributed by atoms with Gasteiger partial charge in [-0.1, -0.05) is 27.7 Å². The number of ether oxygens (including phenoxy) is 1. The first-order valence-corrected chi connectivity index (χ1v) is 9.33. The number of aliphatic hydroxyl groups is 1. The van der Waals surface area contributed by atoms with Crippen molar-refractivity contribution in [2.24, 2.45) is 0 Å². The Morgan fingerprint density at radius 1 is 0.889 bits per heavy atom. The normalized spacial score (nSPS) is 9.37. The fraction of sp³-hybridized carbons (Fsp3) is 0.409. The van der Waals surface area contributed by atoms with Gasteiger partial charge in [-0.2, -0.15) is 0 Å². The molecule has 0 aliphatic carbocycles. The van der Waals surface area contributed by atoms with Crippen LogP contribution in [0.15, 0.2) is 24.3 Å². The maximum atomic E-state index is 11.1. The molecular weight excluding hydrogens is 342 g/mol. The van der Waals surface area contributed by atoms with Crippen LogP contribution < -0.4 is 10.1 Å². The molecule has 2 rings (SSSR count). The third kappa shape index (κ3) is 6.29. The van der Waals surface area contributed by atoms with Crippen molar-refractivity contribution in [3.8, 4) is 17.2 Å². The van der Waals surface area contributed by atoms with E-state index in [9.17, 15) is 9.90 Å². The summed E-state index contributed by atoms with van der Waals surface area (Å²) in [5, 5.41) is 21.4. The Labute approximate surface area is 163 Å². The number of amides is 1. The van der Waals surface area contributed by atoms with Crippen LogP contribution in [0.4, 0.5) is 5.69 Å². The predicted molar refractivity (Wildman–Crippen MR) is 112 cm³/mol. The Balaban J connectivity index is 0.00000158. The summed E-state index contributed by atoms with van der Waals surface area (Å²) in [7, 11) is 0. The predicted octanol–water partition coefficient (Wildman–Crippen LogP) is 5.40. The minimum absolute atomic E-state index is 0.300. The topological polar surface area (TPSA) is 78.8 Å². The standard InChI is InChI=1S/C18H21NO4.2C2H6/c1-10-12(3)18(13(4)11(2)17(10)22)23-15-7-5-14(6-8-15)19-16(21)9-20;2*1-2/h5-8,20,22H,9H2,1-4H3,(H,19,21);2*1-2H3. The van der Waals surface area contributed by atoms with Gasteiger partial charge in [0, 0.05) is 5.69 Å². The third-order valence-corrected chi connectivity index (χ3v) is 4.02. The molecule has 150 valence electrons. The first-order chi connectivity index (χ1) is 12.8. The monoisotopic (exact) mass is 375 g/mol. The molecule has 0 aromatic heterocycles. The van der Waals surface area contributed by atoms with Crippen molar-refractivity contribution in [3.05, 3.63) is 46.5 Å². The van der Waals surface area contributed by atoms with E-state index in [1.165, 1.54) is 0 Å². The number of carbonyl (C=O) groups excluding carboxylic acids is 1. The fourth-order valence-corrected chi connectivity index (χ4v) is 2.34. The highest BCUT2D eigenvalue weighted by Crippen LogP contribution is 2.38. The van der Waals surface area contributed by atoms with Gasteiger partial charge in [0.25, 0.3) is 0 Å². The number of carbonyl (C=O) groups is 1. The van der Waals surface area contributed by atoms with Crippen LogP contribution in [0.1, 0.15) is 49.9 Å². The lowest BCUT2D eigenvalue weighted by atomic mass is 9.98. The molecule has 0 spiro atoms. The minimum atomic E-state index is -0.553. The van der Waals surface area contributed by atoms with Crippen molar-refractivity contribution in [2.45, 2.75) is 55.4 Å². The second-order valence-corrected chi connectivity index (χ2v) is 5.51. The highest BCUT2D eigenvalue weighted by Gasteiger charge is 2.15. The van der Waals surface area contributed by atoms with Crippen molar-refractivity contribution in [1.29, 1.82) is 0 Å². The highest BCUT2D eigenvalue weighted by atomic mass is 16.5. The molecule has 0 atom stereocenters. The van der Waals surface area contributed by atoms with Gasteiger partial charge in [-0.15, -0.1) is 0 Å². The van der Waals surface area contributed by atoms with Crippen LogP contribution in [0.25, 0.3) is 0 Å². The molecule has 0 heterocycles. The molecule has 0 bridgehead atoms. The third-order valence-electron chi connectivity index (χ3n) is 4.02. The Bertz CT molecular complexity index is 708. The molecule has 5 nitrogen and oxygen atoms in total. The van der Waals surface area contributed by atoms with E-state index in [1.54, 1.807) is 24.3 Å². The van der Waals surface area contributed by atoms with Gasteiger partial charge in [0.05, 0.1) is 0 Å². The van der Waals surface area contributed by atoms with Gasteiger partial charge in [-0.25, -0.2) is 0 Å². The molecular formula is C22H33NO4. The lowest BCUT2D eigenvalue weighted by Gasteiger charge is -2.18. The first kappa shape index (κ1) is 24.5. The smallest absolute Gasteiger partial charge is 0.250 e. The molecule has 0 saturated carbocycles. The van der Waals surface area contributed by atoms with Gasteiger partial charge >= 0.3 is 0 Å². The summed E-state index contributed by atoms with van der Waals surface area (Å²) in [5.41, 5.74) is 3.97. The summed E-state index contributed by atoms with van der Waals surface area (Å²) in [6, 6.07) is 6.88. The second-order valence-electron chi connectivity index (χ2n) is 5.51. The van der Waals surface area contributed by atoms with Crippen LogP contribution in [0, 0.1) is 27.7 Å². The quantitative estimate of drug-likeness (QED) is 0.668. The Hall–Kier alpha value is -2.53. The highest BCUT2D eigenvalue weighted by molar-refractivity contribution is 5.91. The molecule has 2 aromatic rings. The number of anilines is 1. The average molecular weight is 376 g/mol. The average Bonchev–Trinajstić information content (AvgIpc) is 2.72. The van der Waals surface area contributed by atoms with E-state index in [0.29, 0.717) is 17.2 Å². The van der Waals surface area contributed by atoms with E-state index >= 15 is 0 Å². The number of hydrogen-bond acceptors (Lipinski definition) is 4. The molecule has 0 fully saturated rings. The number of nitrogens with one attached hydrogen (secondary N) is 1. The maximum Gasteiger partial charge on any atom is 0.250 e. The van der Waals surface area contributed by atoms with Crippen molar-refractivity contribution < 1.29 is 19.7 Å². The zero-order chi connectivity index (χ0) is 21.1. The number of aliphatic hydroxyl groups excluding tert-OH is 1. The first-order valence-electron chi connectivity index (χ1n) is 9.33. The molecule has 27 heavy (non-hydrogen) atoms. The number of hydrogen-bond donors (Lipinski definition) is 3. The SMILES string of the molecule is CC.CC.Cc1c(C)c(Oc2ccc(NC(=O)CO)cc2)c(C)c(C)c1O. The van der Waals surface area contributed by atoms with Crippen molar-refractivity contribution >= 4 is 11.6 Å². The summed E-state index contributed by atoms with van der Waals surface area (Å²) in [5.74, 6) is 1.19. The van der Waals surface area contributed by atoms with Crippen LogP contribution in [0.5, 0.6) is 17.2 Å². The number of phenols is 1. The summed E-state index contributed by atoms with van der Waals surface area (Å²) < 4.78 is 5.97. The second kappa shape index (κ2) is 12.0. The molecule has 2 aromatic carbocycles. The van der Waals surface area contributed by atoms with Crippen LogP contribution in [-0.2, 0) is 4.79 Å². The van der Waals surface area contributed by atoms with E-state index in [4.69, 9.17) is 9.84 Å². The lowest BCUT2D eigenvalue weighted by Crippen LogP contribution is -2.15. The van der Waals surface area contributed by atoms with Crippen LogP contribution in [0.3, 0.4) is 0 Å². The fourth-order valence-electron chi connectivity index (χ4n) is 2.34. The Morgan fingerprint density at radius 3 is 1.74 bits per heavy atom. The largest absolute Gasteiger partial charge is 0.507 e. The number of rotatable bonds is 4. The van der Waals surface area contributed by atoms with E-state index in [-0.39, 0.29) is 0 Å². The zero-order valence-electron chi connectivity index (χ0n) is 17.7. The van der Waals surface area contributed by atoms with Crippen molar-refractivity contribution in [2.75, 3.05) is 11.9 Å². The van der Waals surface area contributed by atoms with Gasteiger partial charge in [-0.05, 0) is 74.2 Å². The van der Waals surface area contributed by atoms with Crippen LogP contribution >= 0.6 is 0 Å². The summed E-state index contributed by atoms with van der Waals surface area (Å²) >= 11 is 0. The van der Waals surface area contributed by atoms with Gasteiger partial charge in [-0.3, -0.25) is 4.79 Å². The molecule has 3 N–H and O–H groups in total. The van der Waals surface area contributed by atoms with E-state index in [2.05, 4.69) is 5.32 Å². The summed E-state index contributed by atoms with van der Waals surface area (Å²) in [6.07, 6.45) is 0. The molecule has 0 radical (unpaired) electrons. The summed E-state index contributed by atoms with van der Waals surface area (Å²) in [4.78, 5) is 11.1. The molecule has 0 aliphatic heterocycles. The van der Waals surface area contributed by atoms with Crippen molar-refractivity contribution in [1.82, 2.24) is 0 Å². The molecule has 5 heteroatoms. The molecule has 0 unspecified atom stereocenters. The Morgan fingerprint density at radius 2 is 1.33 bits per heavy atom. The van der Waals surface area contributed by atoms with Crippen LogP contribution in [0.2, 0.25) is 0 Å². The van der Waals surface area contributed by atoms with Gasteiger partial charge in [0.2, 0.25) is 5.91 Å².